The van der Waals surface area contributed by atoms with Crippen molar-refractivity contribution in [2.75, 3.05) is 19.6 Å². The van der Waals surface area contributed by atoms with Crippen LogP contribution in [-0.4, -0.2) is 17.6 Å². The Labute approximate surface area is 818 Å². The minimum absolute atomic E-state index is 0.870. The van der Waals surface area contributed by atoms with Crippen LogP contribution < -0.4 is 19.6 Å². The van der Waals surface area contributed by atoms with Crippen molar-refractivity contribution >= 4 is 308 Å². The van der Waals surface area contributed by atoms with E-state index < -0.39 is 0 Å². The van der Waals surface area contributed by atoms with Gasteiger partial charge in [0.1, 0.15) is 44.7 Å². The Balaban J connectivity index is 0.000000127. The topological polar surface area (TPSA) is 83.2 Å². The quantitative estimate of drug-likeness (QED) is 0.120. The van der Waals surface area contributed by atoms with Crippen molar-refractivity contribution in [3.05, 3.63) is 461 Å². The predicted molar refractivity (Wildman–Crippen MR) is 599 cm³/mol. The van der Waals surface area contributed by atoms with E-state index in [4.69, 9.17) is 17.7 Å². The van der Waals surface area contributed by atoms with Crippen LogP contribution in [-0.2, 0) is 0 Å². The molecule has 34 aromatic rings. The summed E-state index contributed by atoms with van der Waals surface area (Å²) < 4.78 is 35.7. The number of anilines is 12. The van der Waals surface area contributed by atoms with Gasteiger partial charge in [0.15, 0.2) is 0 Å². The summed E-state index contributed by atoms with van der Waals surface area (Å²) in [5.41, 5.74) is 34.6. The molecule has 0 atom stereocenters. The van der Waals surface area contributed by atoms with Crippen LogP contribution in [0.2, 0.25) is 0 Å². The van der Waals surface area contributed by atoms with Gasteiger partial charge in [0, 0.05) is 187 Å². The maximum absolute atomic E-state index is 6.48. The molecule has 0 unspecified atom stereocenters. The standard InChI is InChI=1S/2C66H38N4O2/c1-3-15-39(16-4-1)67(41-31-33-45-43-19-7-9-29-59(43)71-61(45)35-41)53-25-13-27-55-63(53)49-23-11-21-47-51-38-58-52(37-57(51)69(55)65(47)49)48-22-12-24-50-64-54(26-14-28-56(64)70(58)66(48)50)68(40-17-5-2-6-18-40)42-32-34-46-44-20-8-10-30-60(44)72-62(46)36-42;1-3-15-39(16-4-1)67(41-31-33-61-51(35-41)43-19-7-9-29-59(43)71-61)53-25-13-27-55-63(53)47-23-11-21-45-49-38-58-50(37-57(49)69(55)65(45)47)46-22-12-24-48-64-54(26-14-28-56(64)70(58)66(46)48)68(40-17-5-2-6-18-40)42-32-34-62-52(36-42)44-20-8-10-30-60(44)72-62/h2*1-38H. The number of rotatable bonds is 12. The Bertz CT molecular complexity index is 10800. The largest absolute Gasteiger partial charge is 0.456 e. The average Bonchev–Trinajstić information content (AvgIpc) is 1.51. The van der Waals surface area contributed by atoms with Crippen LogP contribution in [0.5, 0.6) is 0 Å². The first-order chi connectivity index (χ1) is 71.5. The van der Waals surface area contributed by atoms with Crippen LogP contribution in [0.3, 0.4) is 0 Å². The van der Waals surface area contributed by atoms with E-state index in [0.717, 1.165) is 156 Å². The van der Waals surface area contributed by atoms with Gasteiger partial charge in [0.25, 0.3) is 0 Å². The third-order valence-electron chi connectivity index (χ3n) is 31.0. The molecule has 12 aromatic heterocycles. The van der Waals surface area contributed by atoms with Gasteiger partial charge >= 0.3 is 0 Å². The molecule has 0 fully saturated rings. The van der Waals surface area contributed by atoms with Gasteiger partial charge in [-0.15, -0.1) is 0 Å². The highest BCUT2D eigenvalue weighted by Crippen LogP contribution is 2.56. The highest BCUT2D eigenvalue weighted by Gasteiger charge is 2.33. The fourth-order valence-electron chi connectivity index (χ4n) is 25.2. The number of nitrogens with zero attached hydrogens (tertiary/aromatic N) is 8. The highest BCUT2D eigenvalue weighted by atomic mass is 16.3. The minimum atomic E-state index is 0.870. The Morgan fingerprint density at radius 1 is 0.125 bits per heavy atom. The Kier molecular flexibility index (Phi) is 15.6. The SMILES string of the molecule is c1ccc(N(c2ccc3c(c2)oc2ccccc23)c2cccc3c2c2cccc4c5cc6c(cc5n3c42)c2cccc3c4c(N(c5ccccc5)c5ccc7c(c5)oc5ccccc57)cccc4n6c23)cc1.c1ccc(N(c2ccc3oc4ccccc4c3c2)c2cccc3c2c2cccc4c5cc6c(cc5n3c42)c2cccc3c4c(N(c5ccccc5)c5ccc7oc8ccccc8c7c5)cccc4n6c23)cc1. The molecule has 0 saturated carbocycles. The van der Waals surface area contributed by atoms with Gasteiger partial charge in [-0.05, 0) is 206 Å². The van der Waals surface area contributed by atoms with Crippen LogP contribution in [0.4, 0.5) is 68.2 Å². The van der Waals surface area contributed by atoms with Crippen molar-refractivity contribution in [1.82, 2.24) is 17.6 Å². The lowest BCUT2D eigenvalue weighted by molar-refractivity contribution is 0.668. The van der Waals surface area contributed by atoms with Crippen molar-refractivity contribution < 1.29 is 17.7 Å². The van der Waals surface area contributed by atoms with Crippen LogP contribution >= 0.6 is 0 Å². The maximum atomic E-state index is 6.48. The maximum Gasteiger partial charge on any atom is 0.137 e. The number of para-hydroxylation sites is 12. The molecule has 0 spiro atoms. The molecule has 0 aliphatic rings. The summed E-state index contributed by atoms with van der Waals surface area (Å²) in [5.74, 6) is 0. The van der Waals surface area contributed by atoms with E-state index in [0.29, 0.717) is 0 Å². The molecule has 0 aliphatic carbocycles. The molecule has 12 nitrogen and oxygen atoms in total. The van der Waals surface area contributed by atoms with Crippen LogP contribution in [0.25, 0.3) is 240 Å². The van der Waals surface area contributed by atoms with Gasteiger partial charge < -0.3 is 54.9 Å². The second-order valence-electron chi connectivity index (χ2n) is 38.4. The highest BCUT2D eigenvalue weighted by molar-refractivity contribution is 6.35. The zero-order chi connectivity index (χ0) is 93.5. The normalized spacial score (nSPS) is 12.4. The lowest BCUT2D eigenvalue weighted by atomic mass is 10.0. The van der Waals surface area contributed by atoms with E-state index in [1.165, 1.54) is 152 Å². The van der Waals surface area contributed by atoms with E-state index in [1.807, 2.05) is 48.5 Å². The van der Waals surface area contributed by atoms with Crippen LogP contribution in [0.1, 0.15) is 0 Å². The molecule has 0 saturated heterocycles. The second-order valence-corrected chi connectivity index (χ2v) is 38.4. The molecule has 0 amide bonds. The molecule has 144 heavy (non-hydrogen) atoms. The van der Waals surface area contributed by atoms with Crippen molar-refractivity contribution in [3.8, 4) is 0 Å². The first-order valence-electron chi connectivity index (χ1n) is 49.2. The van der Waals surface area contributed by atoms with Crippen LogP contribution in [0.15, 0.2) is 479 Å². The Hall–Kier alpha value is -19.6. The van der Waals surface area contributed by atoms with E-state index in [1.54, 1.807) is 0 Å². The van der Waals surface area contributed by atoms with Gasteiger partial charge in [-0.2, -0.15) is 0 Å². The first-order valence-corrected chi connectivity index (χ1v) is 49.2. The summed E-state index contributed by atoms with van der Waals surface area (Å²) >= 11 is 0. The molecule has 0 N–H and O–H groups in total. The molecule has 0 radical (unpaired) electrons. The number of hydrogen-bond acceptors (Lipinski definition) is 8. The molecule has 668 valence electrons. The number of fused-ring (bicyclic) bond motifs is 36. The van der Waals surface area contributed by atoms with Gasteiger partial charge in [-0.1, -0.05) is 243 Å². The molecule has 0 bridgehead atoms. The summed E-state index contributed by atoms with van der Waals surface area (Å²) in [7, 11) is 0. The van der Waals surface area contributed by atoms with Crippen molar-refractivity contribution in [1.29, 1.82) is 0 Å². The zero-order valence-electron chi connectivity index (χ0n) is 77.1. The molecule has 34 rings (SSSR count). The lowest BCUT2D eigenvalue weighted by Crippen LogP contribution is -2.10. The smallest absolute Gasteiger partial charge is 0.137 e. The van der Waals surface area contributed by atoms with Crippen molar-refractivity contribution in [2.45, 2.75) is 0 Å². The summed E-state index contributed by atoms with van der Waals surface area (Å²) in [6.45, 7) is 0. The summed E-state index contributed by atoms with van der Waals surface area (Å²) in [5, 5.41) is 28.6. The number of aromatic nitrogens is 4. The summed E-state index contributed by atoms with van der Waals surface area (Å²) in [4.78, 5) is 9.60. The van der Waals surface area contributed by atoms with E-state index in [-0.39, 0.29) is 0 Å². The van der Waals surface area contributed by atoms with Gasteiger partial charge in [-0.25, -0.2) is 0 Å². The number of benzene rings is 22. The van der Waals surface area contributed by atoms with Gasteiger partial charge in [-0.3, -0.25) is 0 Å². The molecule has 0 aliphatic heterocycles. The Morgan fingerprint density at radius 2 is 0.340 bits per heavy atom. The minimum Gasteiger partial charge on any atom is -0.456 e. The predicted octanol–water partition coefficient (Wildman–Crippen LogP) is 37.5. The van der Waals surface area contributed by atoms with Crippen LogP contribution in [0, 0.1) is 0 Å². The second kappa shape index (κ2) is 29.0. The Morgan fingerprint density at radius 3 is 0.632 bits per heavy atom. The molecule has 12 heteroatoms. The average molecular weight is 1840 g/mol. The summed E-state index contributed by atoms with van der Waals surface area (Å²) in [6, 6.07) is 167. The lowest BCUT2D eigenvalue weighted by Gasteiger charge is -2.26. The zero-order valence-corrected chi connectivity index (χ0v) is 77.1. The van der Waals surface area contributed by atoms with E-state index >= 15 is 0 Å². The van der Waals surface area contributed by atoms with Gasteiger partial charge in [0.2, 0.25) is 0 Å². The third-order valence-corrected chi connectivity index (χ3v) is 31.0. The van der Waals surface area contributed by atoms with Crippen molar-refractivity contribution in [2.24, 2.45) is 0 Å². The molecular formula is C132H76N8O4. The molecule has 22 aromatic carbocycles. The van der Waals surface area contributed by atoms with E-state index in [9.17, 15) is 0 Å². The third kappa shape index (κ3) is 10.6. The number of hydrogen-bond donors (Lipinski definition) is 0. The molecule has 12 heterocycles. The fourth-order valence-corrected chi connectivity index (χ4v) is 25.2. The number of furan rings is 4. The fraction of sp³-hybridized carbons (Fsp3) is 0. The van der Waals surface area contributed by atoms with Gasteiger partial charge in [0.05, 0.1) is 88.9 Å². The summed E-state index contributed by atoms with van der Waals surface area (Å²) in [6.07, 6.45) is 0. The van der Waals surface area contributed by atoms with E-state index in [2.05, 4.69) is 450 Å². The molecular weight excluding hydrogens is 1760 g/mol. The first kappa shape index (κ1) is 77.5. The van der Waals surface area contributed by atoms with Crippen molar-refractivity contribution in [3.63, 3.8) is 0 Å². The monoisotopic (exact) mass is 1840 g/mol.